The van der Waals surface area contributed by atoms with E-state index >= 15 is 0 Å². The number of hydrogen-bond acceptors (Lipinski definition) is 3. The minimum Gasteiger partial charge on any atom is -0.480 e. The SMILES string of the molecule is Cc1ccc(-c2c(C)nn(CC(=O)O)c2C)c(CN(Cc2ccccc2)C(=O)C2CC2)c1. The summed E-state index contributed by atoms with van der Waals surface area (Å²) in [6.07, 6.45) is 1.93. The van der Waals surface area contributed by atoms with Crippen molar-refractivity contribution in [3.05, 3.63) is 76.6 Å². The smallest absolute Gasteiger partial charge is 0.325 e. The largest absolute Gasteiger partial charge is 0.480 e. The molecule has 0 saturated heterocycles. The molecular formula is C26H29N3O3. The Morgan fingerprint density at radius 3 is 2.44 bits per heavy atom. The summed E-state index contributed by atoms with van der Waals surface area (Å²) in [6.45, 7) is 6.75. The van der Waals surface area contributed by atoms with Gasteiger partial charge in [0.25, 0.3) is 0 Å². The van der Waals surface area contributed by atoms with Crippen molar-refractivity contribution in [1.82, 2.24) is 14.7 Å². The Hall–Kier alpha value is -3.41. The summed E-state index contributed by atoms with van der Waals surface area (Å²) in [6, 6.07) is 16.3. The summed E-state index contributed by atoms with van der Waals surface area (Å²) < 4.78 is 1.54. The Bertz CT molecular complexity index is 1150. The summed E-state index contributed by atoms with van der Waals surface area (Å²) in [5, 5.41) is 13.7. The van der Waals surface area contributed by atoms with Crippen LogP contribution in [0.2, 0.25) is 0 Å². The number of carbonyl (C=O) groups is 2. The number of benzene rings is 2. The number of amides is 1. The highest BCUT2D eigenvalue weighted by Gasteiger charge is 2.34. The summed E-state index contributed by atoms with van der Waals surface area (Å²) in [5.41, 5.74) is 6.84. The van der Waals surface area contributed by atoms with Gasteiger partial charge in [0.15, 0.2) is 0 Å². The van der Waals surface area contributed by atoms with Gasteiger partial charge in [-0.3, -0.25) is 14.3 Å². The van der Waals surface area contributed by atoms with Crippen LogP contribution in [0.5, 0.6) is 0 Å². The van der Waals surface area contributed by atoms with Crippen molar-refractivity contribution in [3.8, 4) is 11.1 Å². The lowest BCUT2D eigenvalue weighted by Crippen LogP contribution is -2.31. The van der Waals surface area contributed by atoms with Gasteiger partial charge < -0.3 is 10.0 Å². The summed E-state index contributed by atoms with van der Waals surface area (Å²) in [7, 11) is 0. The third kappa shape index (κ3) is 4.74. The molecule has 4 rings (SSSR count). The van der Waals surface area contributed by atoms with Gasteiger partial charge in [-0.05, 0) is 50.3 Å². The first-order valence-electron chi connectivity index (χ1n) is 11.0. The van der Waals surface area contributed by atoms with E-state index in [0.717, 1.165) is 52.0 Å². The number of hydrogen-bond donors (Lipinski definition) is 1. The van der Waals surface area contributed by atoms with Crippen molar-refractivity contribution >= 4 is 11.9 Å². The second-order valence-electron chi connectivity index (χ2n) is 8.71. The molecule has 1 aliphatic carbocycles. The second-order valence-corrected chi connectivity index (χ2v) is 8.71. The van der Waals surface area contributed by atoms with Crippen LogP contribution in [-0.2, 0) is 29.2 Å². The minimum atomic E-state index is -0.921. The van der Waals surface area contributed by atoms with Crippen LogP contribution in [0.3, 0.4) is 0 Å². The number of carboxylic acid groups (broad SMARTS) is 1. The Balaban J connectivity index is 1.72. The van der Waals surface area contributed by atoms with E-state index < -0.39 is 5.97 Å². The highest BCUT2D eigenvalue weighted by atomic mass is 16.4. The number of nitrogens with zero attached hydrogens (tertiary/aromatic N) is 3. The van der Waals surface area contributed by atoms with E-state index in [1.165, 1.54) is 4.68 Å². The fourth-order valence-corrected chi connectivity index (χ4v) is 4.28. The molecule has 0 atom stereocenters. The quantitative estimate of drug-likeness (QED) is 0.570. The van der Waals surface area contributed by atoms with Gasteiger partial charge in [-0.25, -0.2) is 0 Å². The van der Waals surface area contributed by atoms with Crippen molar-refractivity contribution in [2.45, 2.75) is 53.2 Å². The first-order valence-corrected chi connectivity index (χ1v) is 11.0. The lowest BCUT2D eigenvalue weighted by molar-refractivity contribution is -0.138. The van der Waals surface area contributed by atoms with E-state index in [1.54, 1.807) is 0 Å². The van der Waals surface area contributed by atoms with E-state index in [2.05, 4.69) is 35.4 Å². The highest BCUT2D eigenvalue weighted by Crippen LogP contribution is 2.35. The topological polar surface area (TPSA) is 75.4 Å². The van der Waals surface area contributed by atoms with Gasteiger partial charge in [0.2, 0.25) is 5.91 Å². The molecule has 6 nitrogen and oxygen atoms in total. The van der Waals surface area contributed by atoms with E-state index in [9.17, 15) is 14.7 Å². The summed E-state index contributed by atoms with van der Waals surface area (Å²) in [4.78, 5) is 26.4. The molecule has 1 aromatic heterocycles. The van der Waals surface area contributed by atoms with Gasteiger partial charge in [-0.1, -0.05) is 54.1 Å². The molecule has 1 aliphatic rings. The van der Waals surface area contributed by atoms with Crippen LogP contribution < -0.4 is 0 Å². The predicted molar refractivity (Wildman–Crippen MR) is 123 cm³/mol. The molecule has 0 radical (unpaired) electrons. The molecule has 1 saturated carbocycles. The number of carbonyl (C=O) groups excluding carboxylic acids is 1. The molecule has 6 heteroatoms. The van der Waals surface area contributed by atoms with Crippen molar-refractivity contribution < 1.29 is 14.7 Å². The maximum absolute atomic E-state index is 13.2. The predicted octanol–water partition coefficient (Wildman–Crippen LogP) is 4.50. The Kier molecular flexibility index (Phi) is 6.12. The van der Waals surface area contributed by atoms with Crippen LogP contribution >= 0.6 is 0 Å². The highest BCUT2D eigenvalue weighted by molar-refractivity contribution is 5.81. The van der Waals surface area contributed by atoms with Gasteiger partial charge in [0.05, 0.1) is 5.69 Å². The number of aromatic nitrogens is 2. The minimum absolute atomic E-state index is 0.133. The number of carboxylic acids is 1. The maximum atomic E-state index is 13.2. The molecular weight excluding hydrogens is 402 g/mol. The third-order valence-corrected chi connectivity index (χ3v) is 6.01. The van der Waals surface area contributed by atoms with Crippen molar-refractivity contribution in [2.75, 3.05) is 0 Å². The number of aryl methyl sites for hydroxylation is 2. The molecule has 0 bridgehead atoms. The average Bonchev–Trinajstić information content (AvgIpc) is 3.56. The Labute approximate surface area is 188 Å². The van der Waals surface area contributed by atoms with Crippen LogP contribution in [0.15, 0.2) is 48.5 Å². The van der Waals surface area contributed by atoms with Gasteiger partial charge in [-0.15, -0.1) is 0 Å². The molecule has 166 valence electrons. The van der Waals surface area contributed by atoms with Crippen LogP contribution in [0.4, 0.5) is 0 Å². The van der Waals surface area contributed by atoms with Crippen LogP contribution in [-0.4, -0.2) is 31.7 Å². The average molecular weight is 432 g/mol. The van der Waals surface area contributed by atoms with Gasteiger partial charge >= 0.3 is 5.97 Å². The molecule has 1 fully saturated rings. The standard InChI is InChI=1S/C26H29N3O3/c1-17-9-12-23(25-18(2)27-29(19(25)3)16-24(30)31)22(13-17)15-28(26(32)21-10-11-21)14-20-7-5-4-6-8-20/h4-9,12-13,21H,10-11,14-16H2,1-3H3,(H,30,31). The Morgan fingerprint density at radius 2 is 1.78 bits per heavy atom. The fraction of sp³-hybridized carbons (Fsp3) is 0.346. The molecule has 2 aromatic carbocycles. The molecule has 1 amide bonds. The van der Waals surface area contributed by atoms with Crippen molar-refractivity contribution in [1.29, 1.82) is 0 Å². The van der Waals surface area contributed by atoms with Crippen LogP contribution in [0.1, 0.15) is 40.9 Å². The van der Waals surface area contributed by atoms with E-state index in [1.807, 2.05) is 43.9 Å². The maximum Gasteiger partial charge on any atom is 0.325 e. The first-order chi connectivity index (χ1) is 15.3. The normalized spacial score (nSPS) is 13.2. The zero-order valence-electron chi connectivity index (χ0n) is 18.8. The molecule has 0 aliphatic heterocycles. The van der Waals surface area contributed by atoms with Crippen LogP contribution in [0.25, 0.3) is 11.1 Å². The fourth-order valence-electron chi connectivity index (χ4n) is 4.28. The van der Waals surface area contributed by atoms with E-state index in [0.29, 0.717) is 13.1 Å². The number of rotatable bonds is 8. The molecule has 32 heavy (non-hydrogen) atoms. The lowest BCUT2D eigenvalue weighted by atomic mass is 9.95. The monoisotopic (exact) mass is 431 g/mol. The van der Waals surface area contributed by atoms with Crippen LogP contribution in [0, 0.1) is 26.7 Å². The first kappa shape index (κ1) is 21.8. The lowest BCUT2D eigenvalue weighted by Gasteiger charge is -2.25. The zero-order valence-corrected chi connectivity index (χ0v) is 18.8. The summed E-state index contributed by atoms with van der Waals surface area (Å²) >= 11 is 0. The molecule has 1 N–H and O–H groups in total. The molecule has 0 unspecified atom stereocenters. The third-order valence-electron chi connectivity index (χ3n) is 6.01. The molecule has 1 heterocycles. The van der Waals surface area contributed by atoms with Crippen molar-refractivity contribution in [2.24, 2.45) is 5.92 Å². The molecule has 3 aromatic rings. The number of aliphatic carboxylic acids is 1. The Morgan fingerprint density at radius 1 is 1.06 bits per heavy atom. The zero-order chi connectivity index (χ0) is 22.8. The van der Waals surface area contributed by atoms with Crippen molar-refractivity contribution in [3.63, 3.8) is 0 Å². The van der Waals surface area contributed by atoms with Gasteiger partial charge in [0, 0.05) is 30.3 Å². The van der Waals surface area contributed by atoms with E-state index in [4.69, 9.17) is 0 Å². The summed E-state index contributed by atoms with van der Waals surface area (Å²) in [5.74, 6) is -0.583. The van der Waals surface area contributed by atoms with Gasteiger partial charge in [-0.2, -0.15) is 5.10 Å². The second kappa shape index (κ2) is 8.99. The van der Waals surface area contributed by atoms with E-state index in [-0.39, 0.29) is 18.4 Å². The van der Waals surface area contributed by atoms with Gasteiger partial charge in [0.1, 0.15) is 6.54 Å². The molecule has 0 spiro atoms.